The van der Waals surface area contributed by atoms with Crippen molar-refractivity contribution in [2.24, 2.45) is 0 Å². The summed E-state index contributed by atoms with van der Waals surface area (Å²) in [6, 6.07) is 7.04. The molecular formula is C21H14Cl3F3N8O2. The Hall–Kier alpha value is -3.68. The molecular weight excluding hydrogens is 560 g/mol. The van der Waals surface area contributed by atoms with Crippen LogP contribution in [0.25, 0.3) is 5.82 Å². The number of carbonyl (C=O) groups is 2. The number of benzene rings is 1. The van der Waals surface area contributed by atoms with E-state index in [-0.39, 0.29) is 50.1 Å². The second-order valence-electron chi connectivity index (χ2n) is 7.38. The number of alkyl halides is 3. The predicted molar refractivity (Wildman–Crippen MR) is 128 cm³/mol. The molecule has 0 bridgehead atoms. The Morgan fingerprint density at radius 3 is 2.49 bits per heavy atom. The highest BCUT2D eigenvalue weighted by Crippen LogP contribution is 2.31. The van der Waals surface area contributed by atoms with Gasteiger partial charge in [0.1, 0.15) is 5.69 Å². The lowest BCUT2D eigenvalue weighted by Crippen LogP contribution is -2.23. The summed E-state index contributed by atoms with van der Waals surface area (Å²) in [6.45, 7) is -0.258. The highest BCUT2D eigenvalue weighted by atomic mass is 35.5. The zero-order valence-corrected chi connectivity index (χ0v) is 20.8. The first-order valence-electron chi connectivity index (χ1n) is 10.2. The van der Waals surface area contributed by atoms with Crippen molar-refractivity contribution in [3.63, 3.8) is 0 Å². The monoisotopic (exact) mass is 572 g/mol. The number of amides is 2. The van der Waals surface area contributed by atoms with Crippen molar-refractivity contribution in [3.05, 3.63) is 80.4 Å². The van der Waals surface area contributed by atoms with Gasteiger partial charge in [-0.1, -0.05) is 40.0 Å². The second-order valence-corrected chi connectivity index (χ2v) is 8.63. The fourth-order valence-electron chi connectivity index (χ4n) is 3.23. The first-order valence-corrected chi connectivity index (χ1v) is 11.3. The topological polar surface area (TPSA) is 120 Å². The number of halogens is 6. The predicted octanol–water partition coefficient (Wildman–Crippen LogP) is 4.50. The van der Waals surface area contributed by atoms with Crippen molar-refractivity contribution in [3.8, 4) is 5.82 Å². The zero-order chi connectivity index (χ0) is 26.9. The van der Waals surface area contributed by atoms with Gasteiger partial charge in [0.25, 0.3) is 11.8 Å². The molecule has 2 amide bonds. The number of anilines is 1. The largest absolute Gasteiger partial charge is 0.436 e. The maximum atomic E-state index is 13.4. The third-order valence-corrected chi connectivity index (χ3v) is 5.66. The molecule has 0 saturated carbocycles. The molecule has 0 aliphatic heterocycles. The van der Waals surface area contributed by atoms with Crippen molar-refractivity contribution in [2.45, 2.75) is 12.7 Å². The van der Waals surface area contributed by atoms with Crippen LogP contribution < -0.4 is 10.6 Å². The minimum atomic E-state index is -4.68. The molecule has 4 aromatic rings. The van der Waals surface area contributed by atoms with Crippen LogP contribution in [0.15, 0.2) is 42.7 Å². The van der Waals surface area contributed by atoms with Gasteiger partial charge in [-0.05, 0) is 30.3 Å². The van der Waals surface area contributed by atoms with Crippen LogP contribution in [-0.4, -0.2) is 48.6 Å². The third kappa shape index (κ3) is 5.68. The Morgan fingerprint density at radius 1 is 1.08 bits per heavy atom. The van der Waals surface area contributed by atoms with E-state index in [9.17, 15) is 22.8 Å². The highest BCUT2D eigenvalue weighted by molar-refractivity contribution is 6.38. The number of nitrogens with one attached hydrogen (secondary N) is 2. The molecule has 0 radical (unpaired) electrons. The number of hydrogen-bond donors (Lipinski definition) is 2. The van der Waals surface area contributed by atoms with Crippen LogP contribution in [-0.2, 0) is 12.7 Å². The molecule has 0 aliphatic carbocycles. The van der Waals surface area contributed by atoms with E-state index in [0.29, 0.717) is 6.20 Å². The van der Waals surface area contributed by atoms with E-state index >= 15 is 0 Å². The minimum absolute atomic E-state index is 0.00203. The van der Waals surface area contributed by atoms with E-state index in [2.05, 4.69) is 31.0 Å². The number of carbonyl (C=O) groups excluding carboxylic acids is 2. The van der Waals surface area contributed by atoms with Crippen LogP contribution in [0.4, 0.5) is 18.9 Å². The van der Waals surface area contributed by atoms with E-state index in [1.165, 1.54) is 37.5 Å². The zero-order valence-electron chi connectivity index (χ0n) is 18.5. The summed E-state index contributed by atoms with van der Waals surface area (Å²) in [6.07, 6.45) is -2.56. The number of aromatic nitrogens is 6. The summed E-state index contributed by atoms with van der Waals surface area (Å²) in [7, 11) is 1.39. The third-order valence-electron chi connectivity index (χ3n) is 4.85. The summed E-state index contributed by atoms with van der Waals surface area (Å²) in [5, 5.41) is 16.1. The molecule has 192 valence electrons. The van der Waals surface area contributed by atoms with E-state index in [1.54, 1.807) is 6.07 Å². The van der Waals surface area contributed by atoms with Crippen LogP contribution in [0.2, 0.25) is 15.1 Å². The lowest BCUT2D eigenvalue weighted by molar-refractivity contribution is -0.141. The number of nitrogens with zero attached hydrogens (tertiary/aromatic N) is 6. The van der Waals surface area contributed by atoms with Crippen LogP contribution in [0.1, 0.15) is 32.2 Å². The Morgan fingerprint density at radius 2 is 1.84 bits per heavy atom. The molecule has 3 aromatic heterocycles. The summed E-state index contributed by atoms with van der Waals surface area (Å²) >= 11 is 18.5. The molecule has 2 N–H and O–H groups in total. The molecule has 0 unspecified atom stereocenters. The normalized spacial score (nSPS) is 11.4. The Labute approximate surface area is 221 Å². The van der Waals surface area contributed by atoms with Gasteiger partial charge >= 0.3 is 6.18 Å². The van der Waals surface area contributed by atoms with E-state index in [0.717, 1.165) is 9.36 Å². The Bertz CT molecular complexity index is 1500. The average molecular weight is 574 g/mol. The first-order chi connectivity index (χ1) is 17.5. The molecule has 1 aromatic carbocycles. The summed E-state index contributed by atoms with van der Waals surface area (Å²) < 4.78 is 40.7. The SMILES string of the molecule is CNC(=O)c1cc(Cl)cc(Cl)c1NC(=O)c1cc(Cn2cc(C(F)(F)F)nn2)nn1-c1ncccc1Cl. The molecule has 4 rings (SSSR count). The maximum absolute atomic E-state index is 13.4. The Kier molecular flexibility index (Phi) is 7.39. The summed E-state index contributed by atoms with van der Waals surface area (Å²) in [4.78, 5) is 29.9. The van der Waals surface area contributed by atoms with Gasteiger partial charge in [-0.3, -0.25) is 9.59 Å². The standard InChI is InChI=1S/C21H14Cl3F3N8O2/c1-28-19(36)12-5-10(22)6-14(24)17(12)30-20(37)15-7-11(8-34-9-16(31-33-34)21(25,26)27)32-35(15)18-13(23)3-2-4-29-18/h2-7,9H,8H2,1H3,(H,28,36)(H,30,37). The number of rotatable bonds is 6. The molecule has 37 heavy (non-hydrogen) atoms. The molecule has 0 aliphatic rings. The number of hydrogen-bond acceptors (Lipinski definition) is 6. The van der Waals surface area contributed by atoms with E-state index in [4.69, 9.17) is 34.8 Å². The average Bonchev–Trinajstić information content (AvgIpc) is 3.48. The van der Waals surface area contributed by atoms with Crippen molar-refractivity contribution >= 4 is 52.3 Å². The second kappa shape index (κ2) is 10.4. The van der Waals surface area contributed by atoms with Crippen molar-refractivity contribution in [2.75, 3.05) is 12.4 Å². The maximum Gasteiger partial charge on any atom is 0.436 e. The van der Waals surface area contributed by atoms with Crippen molar-refractivity contribution in [1.29, 1.82) is 0 Å². The van der Waals surface area contributed by atoms with Crippen molar-refractivity contribution < 1.29 is 22.8 Å². The summed E-state index contributed by atoms with van der Waals surface area (Å²) in [5.74, 6) is -1.26. The van der Waals surface area contributed by atoms with Crippen LogP contribution in [0, 0.1) is 0 Å². The molecule has 0 fully saturated rings. The molecule has 0 spiro atoms. The van der Waals surface area contributed by atoms with E-state index in [1.807, 2.05) is 0 Å². The van der Waals surface area contributed by atoms with Gasteiger partial charge in [-0.2, -0.15) is 18.3 Å². The lowest BCUT2D eigenvalue weighted by atomic mass is 10.1. The van der Waals surface area contributed by atoms with E-state index < -0.39 is 23.7 Å². The van der Waals surface area contributed by atoms with Gasteiger partial charge in [-0.15, -0.1) is 5.10 Å². The number of pyridine rings is 1. The Balaban J connectivity index is 1.75. The molecule has 0 atom stereocenters. The smallest absolute Gasteiger partial charge is 0.355 e. The van der Waals surface area contributed by atoms with Crippen LogP contribution in [0.5, 0.6) is 0 Å². The lowest BCUT2D eigenvalue weighted by Gasteiger charge is -2.13. The van der Waals surface area contributed by atoms with Gasteiger partial charge in [-0.25, -0.2) is 14.3 Å². The minimum Gasteiger partial charge on any atom is -0.355 e. The fourth-order valence-corrected chi connectivity index (χ4v) is 3.97. The van der Waals surface area contributed by atoms with Crippen LogP contribution in [0.3, 0.4) is 0 Å². The molecule has 10 nitrogen and oxygen atoms in total. The highest BCUT2D eigenvalue weighted by Gasteiger charge is 2.34. The van der Waals surface area contributed by atoms with Gasteiger partial charge in [0.05, 0.1) is 39.7 Å². The summed E-state index contributed by atoms with van der Waals surface area (Å²) in [5.41, 5.74) is -1.18. The van der Waals surface area contributed by atoms with Gasteiger partial charge in [0, 0.05) is 18.3 Å². The van der Waals surface area contributed by atoms with Gasteiger partial charge < -0.3 is 10.6 Å². The first kappa shape index (κ1) is 26.4. The molecule has 0 saturated heterocycles. The van der Waals surface area contributed by atoms with Crippen molar-refractivity contribution in [1.82, 2.24) is 35.1 Å². The quantitative estimate of drug-likeness (QED) is 0.351. The molecule has 16 heteroatoms. The molecule has 3 heterocycles. The van der Waals surface area contributed by atoms with Crippen LogP contribution >= 0.6 is 34.8 Å². The van der Waals surface area contributed by atoms with Gasteiger partial charge in [0.2, 0.25) is 0 Å². The van der Waals surface area contributed by atoms with Gasteiger partial charge in [0.15, 0.2) is 11.5 Å². The fraction of sp³-hybridized carbons (Fsp3) is 0.143.